The van der Waals surface area contributed by atoms with Crippen LogP contribution in [-0.2, 0) is 11.0 Å². The van der Waals surface area contributed by atoms with Crippen molar-refractivity contribution in [2.45, 2.75) is 57.2 Å². The fourth-order valence-corrected chi connectivity index (χ4v) is 3.64. The van der Waals surface area contributed by atoms with Crippen molar-refractivity contribution in [1.29, 1.82) is 0 Å². The van der Waals surface area contributed by atoms with Crippen molar-refractivity contribution in [3.8, 4) is 11.4 Å². The second-order valence-corrected chi connectivity index (χ2v) is 9.70. The van der Waals surface area contributed by atoms with Crippen LogP contribution in [0.2, 0.25) is 0 Å². The van der Waals surface area contributed by atoms with E-state index in [9.17, 15) is 4.21 Å². The van der Waals surface area contributed by atoms with Crippen LogP contribution >= 0.6 is 11.5 Å². The van der Waals surface area contributed by atoms with Crippen molar-refractivity contribution in [2.24, 2.45) is 0 Å². The number of nitrogens with zero attached hydrogens (tertiary/aromatic N) is 3. The van der Waals surface area contributed by atoms with Crippen LogP contribution in [0, 0.1) is 0 Å². The summed E-state index contributed by atoms with van der Waals surface area (Å²) < 4.78 is 19.5. The second kappa shape index (κ2) is 6.37. The molecule has 2 aromatic rings. The lowest BCUT2D eigenvalue weighted by Gasteiger charge is -2.20. The Morgan fingerprint density at radius 2 is 2.13 bits per heavy atom. The molecule has 23 heavy (non-hydrogen) atoms. The lowest BCUT2D eigenvalue weighted by atomic mass is 10.2. The third-order valence-electron chi connectivity index (χ3n) is 3.69. The molecule has 0 saturated heterocycles. The van der Waals surface area contributed by atoms with Gasteiger partial charge in [0.2, 0.25) is 0 Å². The van der Waals surface area contributed by atoms with Gasteiger partial charge >= 0.3 is 0 Å². The van der Waals surface area contributed by atoms with E-state index in [-0.39, 0.29) is 10.8 Å². The Morgan fingerprint density at radius 1 is 1.39 bits per heavy atom. The van der Waals surface area contributed by atoms with E-state index in [1.54, 1.807) is 0 Å². The summed E-state index contributed by atoms with van der Waals surface area (Å²) in [7, 11) is -1.13. The molecule has 0 bridgehead atoms. The zero-order chi connectivity index (χ0) is 16.6. The minimum absolute atomic E-state index is 0.0916. The van der Waals surface area contributed by atoms with Crippen LogP contribution in [0.4, 0.5) is 0 Å². The summed E-state index contributed by atoms with van der Waals surface area (Å²) in [5, 5.41) is 0.849. The third-order valence-corrected chi connectivity index (χ3v) is 6.26. The molecule has 5 nitrogen and oxygen atoms in total. The first-order chi connectivity index (χ1) is 10.8. The fraction of sp³-hybridized carbons (Fsp3) is 0.562. The third kappa shape index (κ3) is 4.02. The van der Waals surface area contributed by atoms with Gasteiger partial charge in [-0.15, -0.1) is 0 Å². The van der Waals surface area contributed by atoms with Crippen LogP contribution in [-0.4, -0.2) is 23.3 Å². The van der Waals surface area contributed by atoms with Gasteiger partial charge in [-0.1, -0.05) is 0 Å². The molecule has 1 fully saturated rings. The first kappa shape index (κ1) is 16.7. The highest BCUT2D eigenvalue weighted by atomic mass is 32.2. The number of pyridine rings is 1. The monoisotopic (exact) mass is 350 g/mol. The summed E-state index contributed by atoms with van der Waals surface area (Å²) in [6.07, 6.45) is 4.29. The molecule has 1 aliphatic rings. The predicted molar refractivity (Wildman–Crippen MR) is 94.6 cm³/mol. The van der Waals surface area contributed by atoms with E-state index >= 15 is 0 Å². The molecule has 3 rings (SSSR count). The van der Waals surface area contributed by atoms with Crippen LogP contribution < -0.4 is 4.72 Å². The maximum Gasteiger partial charge on any atom is 0.173 e. The zero-order valence-electron chi connectivity index (χ0n) is 13.9. The van der Waals surface area contributed by atoms with Gasteiger partial charge in [0, 0.05) is 23.4 Å². The molecule has 0 aliphatic heterocycles. The minimum Gasteiger partial charge on any atom is -0.261 e. The van der Waals surface area contributed by atoms with Crippen LogP contribution in [0.5, 0.6) is 0 Å². The Morgan fingerprint density at radius 3 is 2.78 bits per heavy atom. The maximum atomic E-state index is 12.2. The molecule has 7 heteroatoms. The van der Waals surface area contributed by atoms with Crippen LogP contribution in [0.3, 0.4) is 0 Å². The van der Waals surface area contributed by atoms with Crippen molar-refractivity contribution in [1.82, 2.24) is 19.1 Å². The Labute approximate surface area is 143 Å². The molecule has 1 N–H and O–H groups in total. The van der Waals surface area contributed by atoms with Gasteiger partial charge in [0.15, 0.2) is 5.82 Å². The van der Waals surface area contributed by atoms with E-state index < -0.39 is 11.0 Å². The van der Waals surface area contributed by atoms with Gasteiger partial charge in [-0.25, -0.2) is 13.9 Å². The molecule has 124 valence electrons. The Hall–Kier alpha value is -1.18. The average Bonchev–Trinajstić information content (AvgIpc) is 3.23. The Balaban J connectivity index is 1.75. The van der Waals surface area contributed by atoms with Crippen LogP contribution in [0.15, 0.2) is 18.3 Å². The first-order valence-corrected chi connectivity index (χ1v) is 9.75. The van der Waals surface area contributed by atoms with E-state index in [4.69, 9.17) is 0 Å². The van der Waals surface area contributed by atoms with Gasteiger partial charge in [-0.3, -0.25) is 4.98 Å². The number of rotatable bonds is 5. The molecule has 2 heterocycles. The smallest absolute Gasteiger partial charge is 0.173 e. The minimum atomic E-state index is -1.13. The second-order valence-electron chi connectivity index (χ2n) is 6.92. The normalized spacial score (nSPS) is 17.9. The van der Waals surface area contributed by atoms with Gasteiger partial charge in [0.05, 0.1) is 21.8 Å². The summed E-state index contributed by atoms with van der Waals surface area (Å²) in [6, 6.07) is 3.95. The van der Waals surface area contributed by atoms with E-state index in [0.29, 0.717) is 5.92 Å². The molecular formula is C16H22N4OS2. The number of nitrogens with one attached hydrogen (secondary N) is 1. The molecule has 0 radical (unpaired) electrons. The molecule has 1 aliphatic carbocycles. The van der Waals surface area contributed by atoms with Gasteiger partial charge in [0.25, 0.3) is 0 Å². The highest BCUT2D eigenvalue weighted by Crippen LogP contribution is 2.39. The van der Waals surface area contributed by atoms with Crippen molar-refractivity contribution in [2.75, 3.05) is 0 Å². The summed E-state index contributed by atoms with van der Waals surface area (Å²) >= 11 is 1.36. The topological polar surface area (TPSA) is 67.8 Å². The largest absolute Gasteiger partial charge is 0.261 e. The SMILES string of the molecule is C[C@H](N[S@](=O)C(C)(C)C)c1nc(-c2ccnc(C3CC3)c2)ns1. The van der Waals surface area contributed by atoms with Crippen molar-refractivity contribution >= 4 is 22.5 Å². The van der Waals surface area contributed by atoms with Gasteiger partial charge in [-0.2, -0.15) is 4.37 Å². The summed E-state index contributed by atoms with van der Waals surface area (Å²) in [6.45, 7) is 7.82. The van der Waals surface area contributed by atoms with Gasteiger partial charge < -0.3 is 0 Å². The van der Waals surface area contributed by atoms with Gasteiger partial charge in [-0.05, 0) is 64.2 Å². The fourth-order valence-electron chi connectivity index (χ4n) is 2.11. The van der Waals surface area contributed by atoms with Crippen LogP contribution in [0.1, 0.15) is 63.2 Å². The number of hydrogen-bond donors (Lipinski definition) is 1. The highest BCUT2D eigenvalue weighted by molar-refractivity contribution is 7.84. The Bertz CT molecular complexity index is 719. The summed E-state index contributed by atoms with van der Waals surface area (Å²) in [5.74, 6) is 1.34. The highest BCUT2D eigenvalue weighted by Gasteiger charge is 2.26. The average molecular weight is 351 g/mol. The predicted octanol–water partition coefficient (Wildman–Crippen LogP) is 3.59. The first-order valence-electron chi connectivity index (χ1n) is 7.82. The van der Waals surface area contributed by atoms with E-state index in [0.717, 1.165) is 22.1 Å². The molecule has 0 aromatic carbocycles. The van der Waals surface area contributed by atoms with Crippen molar-refractivity contribution in [3.63, 3.8) is 0 Å². The van der Waals surface area contributed by atoms with Crippen LogP contribution in [0.25, 0.3) is 11.4 Å². The summed E-state index contributed by atoms with van der Waals surface area (Å²) in [4.78, 5) is 9.05. The van der Waals surface area contributed by atoms with E-state index in [1.807, 2.05) is 40.0 Å². The van der Waals surface area contributed by atoms with Gasteiger partial charge in [0.1, 0.15) is 5.01 Å². The standard InChI is InChI=1S/C16H22N4OS2/c1-10(20-23(21)16(2,3)4)15-18-14(19-22-15)12-7-8-17-13(9-12)11-5-6-11/h7-11,20H,5-6H2,1-4H3/t10-,23+/m0/s1. The molecule has 0 spiro atoms. The summed E-state index contributed by atoms with van der Waals surface area (Å²) in [5.41, 5.74) is 2.15. The molecule has 2 aromatic heterocycles. The number of hydrogen-bond acceptors (Lipinski definition) is 5. The van der Waals surface area contributed by atoms with Crippen molar-refractivity contribution in [3.05, 3.63) is 29.0 Å². The molecular weight excluding hydrogens is 328 g/mol. The molecule has 0 unspecified atom stereocenters. The van der Waals surface area contributed by atoms with Crippen molar-refractivity contribution < 1.29 is 4.21 Å². The maximum absolute atomic E-state index is 12.2. The molecule has 0 amide bonds. The lowest BCUT2D eigenvalue weighted by molar-refractivity contribution is 0.615. The van der Waals surface area contributed by atoms with E-state index in [1.165, 1.54) is 24.4 Å². The Kier molecular flexibility index (Phi) is 4.62. The zero-order valence-corrected chi connectivity index (χ0v) is 15.5. The lowest BCUT2D eigenvalue weighted by Crippen LogP contribution is -2.34. The molecule has 2 atom stereocenters. The quantitative estimate of drug-likeness (QED) is 0.895. The molecule has 1 saturated carbocycles. The number of aromatic nitrogens is 3. The van der Waals surface area contributed by atoms with E-state index in [2.05, 4.69) is 25.1 Å².